The molecule has 0 fully saturated rings. The second kappa shape index (κ2) is 4.85. The van der Waals surface area contributed by atoms with E-state index in [1.54, 1.807) is 23.2 Å². The van der Waals surface area contributed by atoms with Crippen LogP contribution < -0.4 is 15.5 Å². The summed E-state index contributed by atoms with van der Waals surface area (Å²) < 4.78 is 0. The lowest BCUT2D eigenvalue weighted by Gasteiger charge is -2.35. The summed E-state index contributed by atoms with van der Waals surface area (Å²) >= 11 is 0. The van der Waals surface area contributed by atoms with Gasteiger partial charge in [0.15, 0.2) is 0 Å². The van der Waals surface area contributed by atoms with E-state index in [9.17, 15) is 4.79 Å². The lowest BCUT2D eigenvalue weighted by Crippen LogP contribution is -2.42. The maximum atomic E-state index is 12.7. The van der Waals surface area contributed by atoms with Crippen molar-refractivity contribution in [3.05, 3.63) is 48.2 Å². The Labute approximate surface area is 117 Å². The Hall–Kier alpha value is -2.56. The number of nitrogens with zero attached hydrogens (tertiary/aromatic N) is 3. The first-order valence-electron chi connectivity index (χ1n) is 6.51. The fourth-order valence-corrected chi connectivity index (χ4v) is 2.46. The minimum Gasteiger partial charge on any atom is -0.383 e. The van der Waals surface area contributed by atoms with Crippen LogP contribution in [-0.4, -0.2) is 31.0 Å². The highest BCUT2D eigenvalue weighted by Crippen LogP contribution is 2.33. The van der Waals surface area contributed by atoms with E-state index >= 15 is 0 Å². The van der Waals surface area contributed by atoms with Crippen LogP contribution in [0.4, 0.5) is 17.2 Å². The zero-order chi connectivity index (χ0) is 14.1. The molecule has 1 aliphatic heterocycles. The number of hydrogen-bond acceptors (Lipinski definition) is 4. The first-order valence-corrected chi connectivity index (χ1v) is 6.51. The number of anilines is 3. The molecule has 1 aromatic heterocycles. The lowest BCUT2D eigenvalue weighted by atomic mass is 10.1. The summed E-state index contributed by atoms with van der Waals surface area (Å²) in [6.45, 7) is 1.43. The number of para-hydroxylation sites is 2. The summed E-state index contributed by atoms with van der Waals surface area (Å²) in [6, 6.07) is 11.3. The van der Waals surface area contributed by atoms with E-state index in [2.05, 4.69) is 9.88 Å². The van der Waals surface area contributed by atoms with E-state index in [4.69, 9.17) is 5.73 Å². The van der Waals surface area contributed by atoms with Crippen LogP contribution in [0.25, 0.3) is 0 Å². The summed E-state index contributed by atoms with van der Waals surface area (Å²) in [5.74, 6) is 0.171. The molecule has 0 unspecified atom stereocenters. The van der Waals surface area contributed by atoms with Gasteiger partial charge in [0.25, 0.3) is 5.91 Å². The molecule has 0 bridgehead atoms. The number of amides is 1. The van der Waals surface area contributed by atoms with E-state index in [0.717, 1.165) is 17.9 Å². The van der Waals surface area contributed by atoms with Gasteiger partial charge in [-0.3, -0.25) is 4.79 Å². The van der Waals surface area contributed by atoms with Crippen LogP contribution in [0.2, 0.25) is 0 Å². The van der Waals surface area contributed by atoms with Gasteiger partial charge in [-0.25, -0.2) is 4.98 Å². The topological polar surface area (TPSA) is 62.5 Å². The molecule has 1 amide bonds. The van der Waals surface area contributed by atoms with E-state index in [0.29, 0.717) is 12.1 Å². The Morgan fingerprint density at radius 3 is 2.65 bits per heavy atom. The smallest absolute Gasteiger partial charge is 0.262 e. The van der Waals surface area contributed by atoms with Gasteiger partial charge in [0.2, 0.25) is 0 Å². The molecule has 0 atom stereocenters. The number of pyridine rings is 1. The monoisotopic (exact) mass is 268 g/mol. The molecule has 2 N–H and O–H groups in total. The standard InChI is InChI=1S/C15H16N4O/c1-18-9-10-19(13-7-3-2-6-12(13)18)15(20)11-5-4-8-17-14(11)16/h2-8H,9-10H2,1H3,(H2,16,17). The van der Waals surface area contributed by atoms with Crippen molar-refractivity contribution < 1.29 is 4.79 Å². The van der Waals surface area contributed by atoms with E-state index in [-0.39, 0.29) is 11.7 Å². The average Bonchev–Trinajstić information content (AvgIpc) is 2.48. The van der Waals surface area contributed by atoms with Gasteiger partial charge < -0.3 is 15.5 Å². The van der Waals surface area contributed by atoms with Crippen LogP contribution in [0.15, 0.2) is 42.6 Å². The van der Waals surface area contributed by atoms with Crippen molar-refractivity contribution >= 4 is 23.1 Å². The average molecular weight is 268 g/mol. The normalized spacial score (nSPS) is 14.1. The van der Waals surface area contributed by atoms with Crippen LogP contribution in [0.5, 0.6) is 0 Å². The van der Waals surface area contributed by atoms with Crippen molar-refractivity contribution in [3.8, 4) is 0 Å². The van der Waals surface area contributed by atoms with Gasteiger partial charge >= 0.3 is 0 Å². The number of rotatable bonds is 1. The van der Waals surface area contributed by atoms with Gasteiger partial charge in [-0.15, -0.1) is 0 Å². The number of fused-ring (bicyclic) bond motifs is 1. The van der Waals surface area contributed by atoms with Gasteiger partial charge in [-0.1, -0.05) is 12.1 Å². The van der Waals surface area contributed by atoms with Gasteiger partial charge in [-0.05, 0) is 24.3 Å². The highest BCUT2D eigenvalue weighted by molar-refractivity contribution is 6.10. The van der Waals surface area contributed by atoms with Crippen molar-refractivity contribution in [2.24, 2.45) is 0 Å². The fourth-order valence-electron chi connectivity index (χ4n) is 2.46. The molecular weight excluding hydrogens is 252 g/mol. The molecule has 0 aliphatic carbocycles. The third kappa shape index (κ3) is 1.97. The SMILES string of the molecule is CN1CCN(C(=O)c2cccnc2N)c2ccccc21. The van der Waals surface area contributed by atoms with Crippen molar-refractivity contribution in [1.29, 1.82) is 0 Å². The van der Waals surface area contributed by atoms with Gasteiger partial charge in [0, 0.05) is 26.3 Å². The molecular formula is C15H16N4O. The number of nitrogen functional groups attached to an aromatic ring is 1. The van der Waals surface area contributed by atoms with Crippen LogP contribution in [0.1, 0.15) is 10.4 Å². The molecule has 0 saturated carbocycles. The minimum absolute atomic E-state index is 0.101. The zero-order valence-electron chi connectivity index (χ0n) is 11.3. The third-order valence-electron chi connectivity index (χ3n) is 3.56. The molecule has 102 valence electrons. The van der Waals surface area contributed by atoms with Crippen LogP contribution in [0.3, 0.4) is 0 Å². The third-order valence-corrected chi connectivity index (χ3v) is 3.56. The minimum atomic E-state index is -0.101. The van der Waals surface area contributed by atoms with Crippen LogP contribution in [-0.2, 0) is 0 Å². The van der Waals surface area contributed by atoms with Gasteiger partial charge in [-0.2, -0.15) is 0 Å². The van der Waals surface area contributed by atoms with Gasteiger partial charge in [0.05, 0.1) is 16.9 Å². The molecule has 2 aromatic rings. The number of hydrogen-bond donors (Lipinski definition) is 1. The highest BCUT2D eigenvalue weighted by Gasteiger charge is 2.26. The van der Waals surface area contributed by atoms with E-state index in [1.165, 1.54) is 0 Å². The summed E-state index contributed by atoms with van der Waals surface area (Å²) in [7, 11) is 2.03. The molecule has 5 nitrogen and oxygen atoms in total. The zero-order valence-corrected chi connectivity index (χ0v) is 11.3. The Morgan fingerprint density at radius 1 is 1.15 bits per heavy atom. The fraction of sp³-hybridized carbons (Fsp3) is 0.200. The molecule has 2 heterocycles. The molecule has 20 heavy (non-hydrogen) atoms. The van der Waals surface area contributed by atoms with E-state index < -0.39 is 0 Å². The van der Waals surface area contributed by atoms with E-state index in [1.807, 2.05) is 31.3 Å². The predicted molar refractivity (Wildman–Crippen MR) is 80.0 cm³/mol. The number of benzene rings is 1. The Morgan fingerprint density at radius 2 is 1.90 bits per heavy atom. The van der Waals surface area contributed by atoms with Gasteiger partial charge in [0.1, 0.15) is 5.82 Å². The quantitative estimate of drug-likeness (QED) is 0.856. The highest BCUT2D eigenvalue weighted by atomic mass is 16.2. The maximum absolute atomic E-state index is 12.7. The summed E-state index contributed by atoms with van der Waals surface area (Å²) in [4.78, 5) is 20.6. The van der Waals surface area contributed by atoms with Crippen LogP contribution >= 0.6 is 0 Å². The number of likely N-dealkylation sites (N-methyl/N-ethyl adjacent to an activating group) is 1. The Balaban J connectivity index is 2.02. The first-order chi connectivity index (χ1) is 9.68. The molecule has 1 aliphatic rings. The molecule has 3 rings (SSSR count). The molecule has 0 saturated heterocycles. The van der Waals surface area contributed by atoms with Crippen molar-refractivity contribution in [2.75, 3.05) is 35.7 Å². The molecule has 1 aromatic carbocycles. The second-order valence-corrected chi connectivity index (χ2v) is 4.80. The molecule has 0 radical (unpaired) electrons. The second-order valence-electron chi connectivity index (χ2n) is 4.80. The van der Waals surface area contributed by atoms with Crippen molar-refractivity contribution in [3.63, 3.8) is 0 Å². The Kier molecular flexibility index (Phi) is 3.02. The number of carbonyl (C=O) groups excluding carboxylic acids is 1. The first kappa shape index (κ1) is 12.5. The van der Waals surface area contributed by atoms with Crippen LogP contribution in [0, 0.1) is 0 Å². The largest absolute Gasteiger partial charge is 0.383 e. The van der Waals surface area contributed by atoms with Crippen molar-refractivity contribution in [1.82, 2.24) is 4.98 Å². The number of aromatic nitrogens is 1. The predicted octanol–water partition coefficient (Wildman–Crippen LogP) is 1.76. The maximum Gasteiger partial charge on any atom is 0.262 e. The Bertz CT molecular complexity index is 656. The molecule has 5 heteroatoms. The number of carbonyl (C=O) groups is 1. The summed E-state index contributed by atoms with van der Waals surface area (Å²) in [5.41, 5.74) is 8.22. The lowest BCUT2D eigenvalue weighted by molar-refractivity contribution is 0.0987. The molecule has 0 spiro atoms. The summed E-state index contributed by atoms with van der Waals surface area (Å²) in [6.07, 6.45) is 1.59. The van der Waals surface area contributed by atoms with Crippen molar-refractivity contribution in [2.45, 2.75) is 0 Å². The number of nitrogens with two attached hydrogens (primary N) is 1. The summed E-state index contributed by atoms with van der Waals surface area (Å²) in [5, 5.41) is 0.